The Morgan fingerprint density at radius 2 is 2.12 bits per heavy atom. The van der Waals surface area contributed by atoms with Gasteiger partial charge in [-0.25, -0.2) is 4.98 Å². The van der Waals surface area contributed by atoms with E-state index in [1.54, 1.807) is 24.9 Å². The normalized spacial score (nSPS) is 19.1. The molecule has 0 aromatic carbocycles. The molecule has 0 spiro atoms. The molecule has 1 fully saturated rings. The molecule has 7 nitrogen and oxygen atoms in total. The average molecular weight is 342 g/mol. The van der Waals surface area contributed by atoms with Crippen molar-refractivity contribution in [3.63, 3.8) is 0 Å². The molecular weight excluding hydrogens is 325 g/mol. The zero-order chi connectivity index (χ0) is 17.5. The van der Waals surface area contributed by atoms with Gasteiger partial charge in [-0.3, -0.25) is 4.79 Å². The maximum atomic E-state index is 12.8. The van der Waals surface area contributed by atoms with Crippen LogP contribution in [0.15, 0.2) is 6.07 Å². The van der Waals surface area contributed by atoms with Crippen LogP contribution in [0.4, 0.5) is 19.0 Å². The lowest BCUT2D eigenvalue weighted by molar-refractivity contribution is -0.144. The van der Waals surface area contributed by atoms with Crippen LogP contribution < -0.4 is 5.32 Å². The molecule has 2 aromatic heterocycles. The summed E-state index contributed by atoms with van der Waals surface area (Å²) >= 11 is 0. The van der Waals surface area contributed by atoms with Crippen molar-refractivity contribution in [3.8, 4) is 0 Å². The third-order valence-electron chi connectivity index (χ3n) is 4.03. The first-order valence-electron chi connectivity index (χ1n) is 7.53. The van der Waals surface area contributed by atoms with Crippen LogP contribution in [-0.2, 0) is 11.0 Å². The molecule has 1 aliphatic rings. The monoisotopic (exact) mass is 342 g/mol. The van der Waals surface area contributed by atoms with Gasteiger partial charge in [0.2, 0.25) is 5.91 Å². The maximum absolute atomic E-state index is 12.8. The van der Waals surface area contributed by atoms with Crippen molar-refractivity contribution in [2.24, 2.45) is 5.92 Å². The summed E-state index contributed by atoms with van der Waals surface area (Å²) in [6.07, 6.45) is -3.37. The van der Waals surface area contributed by atoms with Gasteiger partial charge in [0.1, 0.15) is 5.82 Å². The molecule has 3 heterocycles. The summed E-state index contributed by atoms with van der Waals surface area (Å²) < 4.78 is 39.4. The molecular formula is C14H17F3N6O. The Hall–Kier alpha value is -2.39. The molecule has 0 unspecified atom stereocenters. The molecule has 2 aromatic rings. The number of carbonyl (C=O) groups excluding carboxylic acids is 1. The summed E-state index contributed by atoms with van der Waals surface area (Å²) in [6.45, 7) is 2.82. The van der Waals surface area contributed by atoms with E-state index in [4.69, 9.17) is 0 Å². The summed E-state index contributed by atoms with van der Waals surface area (Å²) in [5.41, 5.74) is 0.533. The molecule has 0 aliphatic carbocycles. The highest BCUT2D eigenvalue weighted by molar-refractivity contribution is 5.76. The Balaban J connectivity index is 1.81. The Labute approximate surface area is 135 Å². The van der Waals surface area contributed by atoms with Gasteiger partial charge in [-0.2, -0.15) is 22.7 Å². The number of fused-ring (bicyclic) bond motifs is 1. The minimum atomic E-state index is -4.63. The Morgan fingerprint density at radius 1 is 1.38 bits per heavy atom. The first-order chi connectivity index (χ1) is 11.2. The predicted molar refractivity (Wildman–Crippen MR) is 79.4 cm³/mol. The standard InChI is InChI=1S/C14H17F3N6O/c1-8-5-10(18-7-9-3-4-22(2)11(24)6-9)23-13(19-8)20-12(21-23)14(15,16)17/h5,9,18H,3-4,6-7H2,1-2H3/t9-/m1/s1. The first kappa shape index (κ1) is 16.5. The molecule has 1 atom stereocenters. The molecule has 10 heteroatoms. The van der Waals surface area contributed by atoms with E-state index in [1.165, 1.54) is 0 Å². The van der Waals surface area contributed by atoms with E-state index in [1.807, 2.05) is 0 Å². The Kier molecular flexibility index (Phi) is 4.06. The van der Waals surface area contributed by atoms with Gasteiger partial charge in [0, 0.05) is 38.3 Å². The summed E-state index contributed by atoms with van der Waals surface area (Å²) in [7, 11) is 1.76. The molecule has 3 rings (SSSR count). The number of aryl methyl sites for hydroxylation is 1. The van der Waals surface area contributed by atoms with Crippen LogP contribution in [0.3, 0.4) is 0 Å². The highest BCUT2D eigenvalue weighted by atomic mass is 19.4. The smallest absolute Gasteiger partial charge is 0.370 e. The quantitative estimate of drug-likeness (QED) is 0.919. The highest BCUT2D eigenvalue weighted by Gasteiger charge is 2.37. The number of carbonyl (C=O) groups is 1. The van der Waals surface area contributed by atoms with Crippen molar-refractivity contribution >= 4 is 17.5 Å². The lowest BCUT2D eigenvalue weighted by Gasteiger charge is -2.29. The van der Waals surface area contributed by atoms with Gasteiger partial charge in [-0.1, -0.05) is 0 Å². The fourth-order valence-corrected chi connectivity index (χ4v) is 2.66. The maximum Gasteiger partial charge on any atom is 0.453 e. The number of nitrogens with zero attached hydrogens (tertiary/aromatic N) is 5. The van der Waals surface area contributed by atoms with Crippen molar-refractivity contribution in [2.45, 2.75) is 25.9 Å². The molecule has 130 valence electrons. The van der Waals surface area contributed by atoms with Gasteiger partial charge >= 0.3 is 6.18 Å². The number of aromatic nitrogens is 4. The number of likely N-dealkylation sites (tertiary alicyclic amines) is 1. The fraction of sp³-hybridized carbons (Fsp3) is 0.571. The number of alkyl halides is 3. The minimum absolute atomic E-state index is 0.0734. The van der Waals surface area contributed by atoms with E-state index in [9.17, 15) is 18.0 Å². The van der Waals surface area contributed by atoms with E-state index in [0.29, 0.717) is 31.0 Å². The van der Waals surface area contributed by atoms with E-state index in [2.05, 4.69) is 20.4 Å². The van der Waals surface area contributed by atoms with Crippen molar-refractivity contribution in [3.05, 3.63) is 17.6 Å². The van der Waals surface area contributed by atoms with Gasteiger partial charge in [-0.15, -0.1) is 5.10 Å². The topological polar surface area (TPSA) is 75.4 Å². The third-order valence-corrected chi connectivity index (χ3v) is 4.03. The Bertz CT molecular complexity index is 772. The molecule has 1 N–H and O–H groups in total. The number of rotatable bonds is 3. The van der Waals surface area contributed by atoms with Crippen LogP contribution in [0.2, 0.25) is 0 Å². The summed E-state index contributed by atoms with van der Waals surface area (Å²) in [6, 6.07) is 1.61. The average Bonchev–Trinajstić information content (AvgIpc) is 2.92. The van der Waals surface area contributed by atoms with Crippen LogP contribution in [0.1, 0.15) is 24.4 Å². The second-order valence-electron chi connectivity index (χ2n) is 5.98. The second kappa shape index (κ2) is 5.91. The number of hydrogen-bond acceptors (Lipinski definition) is 5. The summed E-state index contributed by atoms with van der Waals surface area (Å²) in [4.78, 5) is 20.8. The molecule has 0 bridgehead atoms. The molecule has 0 saturated carbocycles. The third kappa shape index (κ3) is 3.26. The van der Waals surface area contributed by atoms with E-state index in [-0.39, 0.29) is 17.6 Å². The van der Waals surface area contributed by atoms with Crippen LogP contribution in [0.25, 0.3) is 5.78 Å². The largest absolute Gasteiger partial charge is 0.453 e. The predicted octanol–water partition coefficient (Wildman–Crippen LogP) is 1.73. The minimum Gasteiger partial charge on any atom is -0.370 e. The van der Waals surface area contributed by atoms with Crippen LogP contribution in [0.5, 0.6) is 0 Å². The SMILES string of the molecule is Cc1cc(NC[C@@H]2CCN(C)C(=O)C2)n2nc(C(F)(F)F)nc2n1. The summed E-state index contributed by atoms with van der Waals surface area (Å²) in [5.74, 6) is -0.749. The zero-order valence-electron chi connectivity index (χ0n) is 13.3. The van der Waals surface area contributed by atoms with Gasteiger partial charge in [0.25, 0.3) is 11.6 Å². The highest BCUT2D eigenvalue weighted by Crippen LogP contribution is 2.27. The number of piperidine rings is 1. The molecule has 24 heavy (non-hydrogen) atoms. The zero-order valence-corrected chi connectivity index (χ0v) is 13.3. The van der Waals surface area contributed by atoms with Crippen molar-refractivity contribution in [1.29, 1.82) is 0 Å². The van der Waals surface area contributed by atoms with Gasteiger partial charge < -0.3 is 10.2 Å². The van der Waals surface area contributed by atoms with Crippen LogP contribution in [0, 0.1) is 12.8 Å². The van der Waals surface area contributed by atoms with Crippen molar-refractivity contribution in [1.82, 2.24) is 24.5 Å². The number of anilines is 1. The van der Waals surface area contributed by atoms with E-state index < -0.39 is 12.0 Å². The van der Waals surface area contributed by atoms with Gasteiger partial charge in [0.15, 0.2) is 0 Å². The molecule has 1 amide bonds. The fourth-order valence-electron chi connectivity index (χ4n) is 2.66. The number of nitrogens with one attached hydrogen (secondary N) is 1. The first-order valence-corrected chi connectivity index (χ1v) is 7.53. The Morgan fingerprint density at radius 3 is 2.79 bits per heavy atom. The van der Waals surface area contributed by atoms with E-state index >= 15 is 0 Å². The number of halogens is 3. The lowest BCUT2D eigenvalue weighted by atomic mass is 9.96. The van der Waals surface area contributed by atoms with Gasteiger partial charge in [0.05, 0.1) is 0 Å². The summed E-state index contributed by atoms with van der Waals surface area (Å²) in [5, 5.41) is 6.58. The molecule has 0 radical (unpaired) electrons. The van der Waals surface area contributed by atoms with E-state index in [0.717, 1.165) is 10.9 Å². The second-order valence-corrected chi connectivity index (χ2v) is 5.98. The lowest BCUT2D eigenvalue weighted by Crippen LogP contribution is -2.37. The van der Waals surface area contributed by atoms with Crippen LogP contribution >= 0.6 is 0 Å². The van der Waals surface area contributed by atoms with Crippen LogP contribution in [-0.4, -0.2) is 50.5 Å². The van der Waals surface area contributed by atoms with Crippen molar-refractivity contribution in [2.75, 3.05) is 25.5 Å². The molecule has 1 aliphatic heterocycles. The van der Waals surface area contributed by atoms with Gasteiger partial charge in [-0.05, 0) is 19.3 Å². The van der Waals surface area contributed by atoms with Crippen molar-refractivity contribution < 1.29 is 18.0 Å². The molecule has 1 saturated heterocycles. The number of hydrogen-bond donors (Lipinski definition) is 1. The number of amides is 1.